The Morgan fingerprint density at radius 2 is 2.00 bits per heavy atom. The van der Waals surface area contributed by atoms with E-state index in [2.05, 4.69) is 48.7 Å². The fourth-order valence-corrected chi connectivity index (χ4v) is 3.21. The van der Waals surface area contributed by atoms with E-state index < -0.39 is 6.10 Å². The summed E-state index contributed by atoms with van der Waals surface area (Å²) in [6.45, 7) is 8.28. The molecular weight excluding hydrogens is 308 g/mol. The van der Waals surface area contributed by atoms with Crippen molar-refractivity contribution in [2.75, 3.05) is 7.11 Å². The lowest BCUT2D eigenvalue weighted by molar-refractivity contribution is -0.0705. The molecule has 0 saturated carbocycles. The van der Waals surface area contributed by atoms with Crippen molar-refractivity contribution < 1.29 is 9.84 Å². The van der Waals surface area contributed by atoms with Gasteiger partial charge in [0, 0.05) is 20.6 Å². The van der Waals surface area contributed by atoms with Crippen LogP contribution in [0.3, 0.4) is 0 Å². The Kier molecular flexibility index (Phi) is 5.59. The van der Waals surface area contributed by atoms with E-state index >= 15 is 0 Å². The highest BCUT2D eigenvalue weighted by Crippen LogP contribution is 2.28. The molecule has 0 aliphatic rings. The van der Waals surface area contributed by atoms with Gasteiger partial charge in [-0.3, -0.25) is 4.68 Å². The predicted molar refractivity (Wildman–Crippen MR) is 80.2 cm³/mol. The maximum absolute atomic E-state index is 10.4. The van der Waals surface area contributed by atoms with Gasteiger partial charge in [0.15, 0.2) is 0 Å². The van der Waals surface area contributed by atoms with Crippen molar-refractivity contribution in [3.05, 3.63) is 15.9 Å². The summed E-state index contributed by atoms with van der Waals surface area (Å²) in [4.78, 5) is 0. The molecule has 2 unspecified atom stereocenters. The second kappa shape index (κ2) is 6.37. The molecule has 0 aromatic carbocycles. The number of halogens is 1. The summed E-state index contributed by atoms with van der Waals surface area (Å²) in [6.07, 6.45) is 0.637. The third kappa shape index (κ3) is 3.80. The lowest BCUT2D eigenvalue weighted by Crippen LogP contribution is -2.40. The van der Waals surface area contributed by atoms with Crippen LogP contribution in [0.1, 0.15) is 39.1 Å². The molecule has 1 aromatic heterocycles. The zero-order chi connectivity index (χ0) is 14.8. The molecule has 4 nitrogen and oxygen atoms in total. The maximum atomic E-state index is 10.4. The molecule has 2 atom stereocenters. The van der Waals surface area contributed by atoms with E-state index in [0.29, 0.717) is 6.42 Å². The van der Waals surface area contributed by atoms with Crippen molar-refractivity contribution in [1.82, 2.24) is 9.78 Å². The van der Waals surface area contributed by atoms with Crippen molar-refractivity contribution in [3.8, 4) is 0 Å². The molecule has 1 aromatic rings. The number of aliphatic hydroxyl groups is 1. The number of aryl methyl sites for hydroxylation is 2. The Morgan fingerprint density at radius 1 is 1.42 bits per heavy atom. The van der Waals surface area contributed by atoms with E-state index in [1.54, 1.807) is 7.11 Å². The number of rotatable bonds is 5. The van der Waals surface area contributed by atoms with Crippen LogP contribution in [0.5, 0.6) is 0 Å². The minimum Gasteiger partial charge on any atom is -0.390 e. The molecule has 0 fully saturated rings. The Hall–Kier alpha value is -0.390. The molecule has 0 aliphatic carbocycles. The van der Waals surface area contributed by atoms with Crippen molar-refractivity contribution in [1.29, 1.82) is 0 Å². The molecule has 1 heterocycles. The zero-order valence-corrected chi connectivity index (χ0v) is 14.3. The highest BCUT2D eigenvalue weighted by atomic mass is 79.9. The molecular formula is C14H25BrN2O2. The molecule has 0 saturated heterocycles. The molecule has 0 spiro atoms. The average molecular weight is 333 g/mol. The van der Waals surface area contributed by atoms with Gasteiger partial charge >= 0.3 is 0 Å². The monoisotopic (exact) mass is 332 g/mol. The van der Waals surface area contributed by atoms with Gasteiger partial charge < -0.3 is 9.84 Å². The van der Waals surface area contributed by atoms with E-state index in [4.69, 9.17) is 4.74 Å². The number of nitrogens with zero attached hydrogens (tertiary/aromatic N) is 2. The zero-order valence-electron chi connectivity index (χ0n) is 12.7. The second-order valence-corrected chi connectivity index (χ2v) is 6.77. The van der Waals surface area contributed by atoms with Crippen LogP contribution >= 0.6 is 15.9 Å². The van der Waals surface area contributed by atoms with Crippen LogP contribution in [-0.2, 0) is 24.6 Å². The molecule has 5 heteroatoms. The van der Waals surface area contributed by atoms with Crippen molar-refractivity contribution in [3.63, 3.8) is 0 Å². The molecule has 0 aliphatic heterocycles. The molecule has 0 amide bonds. The fraction of sp³-hybridized carbons (Fsp3) is 0.786. The first-order chi connectivity index (χ1) is 8.72. The smallest absolute Gasteiger partial charge is 0.0882 e. The molecule has 19 heavy (non-hydrogen) atoms. The SMILES string of the molecule is CCc1nn(C)c(CC(O)C(OC)C(C)(C)C)c1Br. The van der Waals surface area contributed by atoms with Crippen LogP contribution in [0.25, 0.3) is 0 Å². The Morgan fingerprint density at radius 3 is 2.37 bits per heavy atom. The average Bonchev–Trinajstić information content (AvgIpc) is 2.55. The van der Waals surface area contributed by atoms with Gasteiger partial charge in [0.25, 0.3) is 0 Å². The third-order valence-electron chi connectivity index (χ3n) is 3.36. The molecule has 0 radical (unpaired) electrons. The first kappa shape index (κ1) is 16.7. The van der Waals surface area contributed by atoms with Crippen molar-refractivity contribution in [2.45, 2.75) is 52.7 Å². The van der Waals surface area contributed by atoms with Crippen LogP contribution < -0.4 is 0 Å². The molecule has 1 N–H and O–H groups in total. The number of aliphatic hydroxyl groups excluding tert-OH is 1. The number of hydrogen-bond donors (Lipinski definition) is 1. The first-order valence-corrected chi connectivity index (χ1v) is 7.42. The Labute approximate surface area is 124 Å². The summed E-state index contributed by atoms with van der Waals surface area (Å²) in [7, 11) is 3.56. The molecule has 110 valence electrons. The van der Waals surface area contributed by atoms with Gasteiger partial charge in [0.1, 0.15) is 0 Å². The van der Waals surface area contributed by atoms with Gasteiger partial charge in [-0.15, -0.1) is 0 Å². The minimum absolute atomic E-state index is 0.104. The van der Waals surface area contributed by atoms with Gasteiger partial charge in [0.2, 0.25) is 0 Å². The minimum atomic E-state index is -0.554. The van der Waals surface area contributed by atoms with Crippen molar-refractivity contribution >= 4 is 15.9 Å². The van der Waals surface area contributed by atoms with Crippen LogP contribution in [0.15, 0.2) is 4.47 Å². The largest absolute Gasteiger partial charge is 0.390 e. The van der Waals surface area contributed by atoms with Gasteiger partial charge in [-0.05, 0) is 27.8 Å². The maximum Gasteiger partial charge on any atom is 0.0882 e. The highest BCUT2D eigenvalue weighted by molar-refractivity contribution is 9.10. The topological polar surface area (TPSA) is 47.3 Å². The third-order valence-corrected chi connectivity index (χ3v) is 4.28. The van der Waals surface area contributed by atoms with Crippen LogP contribution in [-0.4, -0.2) is 34.2 Å². The lowest BCUT2D eigenvalue weighted by atomic mass is 9.84. The van der Waals surface area contributed by atoms with Crippen LogP contribution in [0, 0.1) is 5.41 Å². The van der Waals surface area contributed by atoms with E-state index in [-0.39, 0.29) is 11.5 Å². The van der Waals surface area contributed by atoms with E-state index in [9.17, 15) is 5.11 Å². The summed E-state index contributed by atoms with van der Waals surface area (Å²) < 4.78 is 8.30. The van der Waals surface area contributed by atoms with Gasteiger partial charge in [0.05, 0.1) is 28.1 Å². The first-order valence-electron chi connectivity index (χ1n) is 6.63. The highest BCUT2D eigenvalue weighted by Gasteiger charge is 2.32. The standard InChI is InChI=1S/C14H25BrN2O2/c1-7-9-12(15)10(17(5)16-9)8-11(18)13(19-6)14(2,3)4/h11,13,18H,7-8H2,1-6H3. The summed E-state index contributed by atoms with van der Waals surface area (Å²) in [5.74, 6) is 0. The van der Waals surface area contributed by atoms with E-state index in [1.807, 2.05) is 11.7 Å². The summed E-state index contributed by atoms with van der Waals surface area (Å²) in [5, 5.41) is 14.9. The van der Waals surface area contributed by atoms with E-state index in [1.165, 1.54) is 0 Å². The number of ether oxygens (including phenoxy) is 1. The summed E-state index contributed by atoms with van der Waals surface area (Å²) >= 11 is 3.58. The lowest BCUT2D eigenvalue weighted by Gasteiger charge is -2.33. The number of hydrogen-bond acceptors (Lipinski definition) is 3. The number of aromatic nitrogens is 2. The van der Waals surface area contributed by atoms with Gasteiger partial charge in [-0.1, -0.05) is 27.7 Å². The van der Waals surface area contributed by atoms with Gasteiger partial charge in [-0.2, -0.15) is 5.10 Å². The quantitative estimate of drug-likeness (QED) is 0.901. The second-order valence-electron chi connectivity index (χ2n) is 5.98. The van der Waals surface area contributed by atoms with Crippen LogP contribution in [0.4, 0.5) is 0 Å². The summed E-state index contributed by atoms with van der Waals surface area (Å²) in [6, 6.07) is 0. The molecule has 1 rings (SSSR count). The Bertz CT molecular complexity index is 424. The van der Waals surface area contributed by atoms with Crippen LogP contribution in [0.2, 0.25) is 0 Å². The predicted octanol–water partition coefficient (Wildman–Crippen LogP) is 2.71. The normalized spacial score (nSPS) is 15.6. The summed E-state index contributed by atoms with van der Waals surface area (Å²) in [5.41, 5.74) is 1.93. The number of methoxy groups -OCH3 is 1. The molecule has 0 bridgehead atoms. The van der Waals surface area contributed by atoms with Crippen molar-refractivity contribution in [2.24, 2.45) is 12.5 Å². The Balaban J connectivity index is 2.93. The van der Waals surface area contributed by atoms with E-state index in [0.717, 1.165) is 22.3 Å². The fourth-order valence-electron chi connectivity index (χ4n) is 2.43. The van der Waals surface area contributed by atoms with Gasteiger partial charge in [-0.25, -0.2) is 0 Å².